The summed E-state index contributed by atoms with van der Waals surface area (Å²) in [7, 11) is 0. The first-order chi connectivity index (χ1) is 10.3. The molecular weight excluding hydrogens is 268 g/mol. The lowest BCUT2D eigenvalue weighted by atomic mass is 10.3. The summed E-state index contributed by atoms with van der Waals surface area (Å²) in [4.78, 5) is 4.63. The monoisotopic (exact) mass is 292 g/mol. The number of amidine groups is 1. The maximum atomic E-state index is 8.57. The molecule has 1 saturated heterocycles. The van der Waals surface area contributed by atoms with Crippen LogP contribution in [-0.4, -0.2) is 66.7 Å². The van der Waals surface area contributed by atoms with E-state index in [4.69, 9.17) is 15.7 Å². The third-order valence-corrected chi connectivity index (χ3v) is 3.61. The lowest BCUT2D eigenvalue weighted by molar-refractivity contribution is 0.137. The molecule has 0 atom stereocenters. The van der Waals surface area contributed by atoms with Gasteiger partial charge in [-0.05, 0) is 18.6 Å². The van der Waals surface area contributed by atoms with Crippen LogP contribution in [0.2, 0.25) is 0 Å². The number of rotatable bonds is 7. The van der Waals surface area contributed by atoms with Crippen LogP contribution < -0.4 is 10.5 Å². The number of nitrogens with zero attached hydrogens (tertiary/aromatic N) is 3. The molecule has 1 aliphatic rings. The largest absolute Gasteiger partial charge is 0.494 e. The first-order valence-electron chi connectivity index (χ1n) is 7.37. The summed E-state index contributed by atoms with van der Waals surface area (Å²) in [5.41, 5.74) is 5.52. The van der Waals surface area contributed by atoms with Crippen molar-refractivity contribution in [2.24, 2.45) is 10.9 Å². The summed E-state index contributed by atoms with van der Waals surface area (Å²) in [5.74, 6) is 1.21. The van der Waals surface area contributed by atoms with Crippen molar-refractivity contribution >= 4 is 5.84 Å². The lowest BCUT2D eigenvalue weighted by Crippen LogP contribution is -2.49. The van der Waals surface area contributed by atoms with Gasteiger partial charge in [-0.2, -0.15) is 0 Å². The molecule has 0 bridgehead atoms. The molecule has 0 unspecified atom stereocenters. The first kappa shape index (κ1) is 15.6. The predicted octanol–water partition coefficient (Wildman–Crippen LogP) is 0.820. The standard InChI is InChI=1S/C15H24N4O2/c16-15(17-20)13-19-10-8-18(9-11-19)7-4-12-21-14-5-2-1-3-6-14/h1-3,5-6,20H,4,7-13H2,(H2,16,17). The maximum Gasteiger partial charge on any atom is 0.153 e. The van der Waals surface area contributed by atoms with Gasteiger partial charge in [0.1, 0.15) is 5.75 Å². The molecule has 1 fully saturated rings. The Morgan fingerprint density at radius 1 is 1.14 bits per heavy atom. The zero-order valence-electron chi connectivity index (χ0n) is 12.3. The molecule has 1 aromatic rings. The molecule has 0 amide bonds. The Balaban J connectivity index is 1.57. The molecular formula is C15H24N4O2. The summed E-state index contributed by atoms with van der Waals surface area (Å²) in [5, 5.41) is 11.6. The van der Waals surface area contributed by atoms with Gasteiger partial charge in [0.15, 0.2) is 5.84 Å². The number of hydrogen-bond acceptors (Lipinski definition) is 5. The van der Waals surface area contributed by atoms with Gasteiger partial charge in [0.2, 0.25) is 0 Å². The van der Waals surface area contributed by atoms with Crippen LogP contribution in [-0.2, 0) is 0 Å². The van der Waals surface area contributed by atoms with Crippen LogP contribution in [0.1, 0.15) is 6.42 Å². The number of ether oxygens (including phenoxy) is 1. The van der Waals surface area contributed by atoms with E-state index >= 15 is 0 Å². The Morgan fingerprint density at radius 2 is 1.81 bits per heavy atom. The molecule has 3 N–H and O–H groups in total. The van der Waals surface area contributed by atoms with Crippen LogP contribution in [0, 0.1) is 0 Å². The Morgan fingerprint density at radius 3 is 2.48 bits per heavy atom. The molecule has 2 rings (SSSR count). The average molecular weight is 292 g/mol. The topological polar surface area (TPSA) is 74.3 Å². The van der Waals surface area contributed by atoms with E-state index in [2.05, 4.69) is 15.0 Å². The van der Waals surface area contributed by atoms with Crippen LogP contribution >= 0.6 is 0 Å². The smallest absolute Gasteiger partial charge is 0.153 e. The molecule has 6 nitrogen and oxygen atoms in total. The molecule has 0 aliphatic carbocycles. The van der Waals surface area contributed by atoms with E-state index in [0.717, 1.165) is 51.5 Å². The summed E-state index contributed by atoms with van der Waals surface area (Å²) in [6.45, 7) is 6.28. The molecule has 6 heteroatoms. The van der Waals surface area contributed by atoms with Gasteiger partial charge in [-0.3, -0.25) is 4.90 Å². The molecule has 0 aromatic heterocycles. The zero-order chi connectivity index (χ0) is 14.9. The van der Waals surface area contributed by atoms with E-state index < -0.39 is 0 Å². The number of para-hydroxylation sites is 1. The van der Waals surface area contributed by atoms with Crippen LogP contribution in [0.3, 0.4) is 0 Å². The molecule has 0 spiro atoms. The summed E-state index contributed by atoms with van der Waals surface area (Å²) >= 11 is 0. The lowest BCUT2D eigenvalue weighted by Gasteiger charge is -2.34. The van der Waals surface area contributed by atoms with Crippen molar-refractivity contribution in [3.63, 3.8) is 0 Å². The number of nitrogens with two attached hydrogens (primary N) is 1. The van der Waals surface area contributed by atoms with Gasteiger partial charge in [-0.1, -0.05) is 23.4 Å². The van der Waals surface area contributed by atoms with Crippen LogP contribution in [0.4, 0.5) is 0 Å². The average Bonchev–Trinajstić information content (AvgIpc) is 2.54. The van der Waals surface area contributed by atoms with Crippen molar-refractivity contribution < 1.29 is 9.94 Å². The highest BCUT2D eigenvalue weighted by Gasteiger charge is 2.17. The van der Waals surface area contributed by atoms with E-state index in [1.165, 1.54) is 0 Å². The molecule has 1 aliphatic heterocycles. The van der Waals surface area contributed by atoms with E-state index in [0.29, 0.717) is 6.54 Å². The summed E-state index contributed by atoms with van der Waals surface area (Å²) < 4.78 is 5.69. The van der Waals surface area contributed by atoms with Crippen molar-refractivity contribution in [3.05, 3.63) is 30.3 Å². The third kappa shape index (κ3) is 5.61. The Hall–Kier alpha value is -1.79. The van der Waals surface area contributed by atoms with Crippen molar-refractivity contribution in [3.8, 4) is 5.75 Å². The molecule has 1 heterocycles. The van der Waals surface area contributed by atoms with Gasteiger partial charge in [-0.25, -0.2) is 0 Å². The maximum absolute atomic E-state index is 8.57. The van der Waals surface area contributed by atoms with E-state index in [9.17, 15) is 0 Å². The number of benzene rings is 1. The minimum Gasteiger partial charge on any atom is -0.494 e. The number of piperazine rings is 1. The molecule has 116 valence electrons. The highest BCUT2D eigenvalue weighted by molar-refractivity contribution is 5.81. The fourth-order valence-corrected chi connectivity index (χ4v) is 2.43. The SMILES string of the molecule is NC(CN1CCN(CCCOc2ccccc2)CC1)=NO. The molecule has 21 heavy (non-hydrogen) atoms. The quantitative estimate of drug-likeness (QED) is 0.256. The molecule has 0 saturated carbocycles. The number of hydrogen-bond donors (Lipinski definition) is 2. The van der Waals surface area contributed by atoms with Crippen LogP contribution in [0.5, 0.6) is 5.75 Å². The fraction of sp³-hybridized carbons (Fsp3) is 0.533. The summed E-state index contributed by atoms with van der Waals surface area (Å²) in [6.07, 6.45) is 1.02. The Kier molecular flexibility index (Phi) is 6.30. The van der Waals surface area contributed by atoms with Crippen molar-refractivity contribution in [1.29, 1.82) is 0 Å². The first-order valence-corrected chi connectivity index (χ1v) is 7.37. The normalized spacial score (nSPS) is 17.8. The van der Waals surface area contributed by atoms with E-state index in [-0.39, 0.29) is 5.84 Å². The molecule has 0 radical (unpaired) electrons. The Bertz CT molecular complexity index is 431. The third-order valence-electron chi connectivity index (χ3n) is 3.61. The zero-order valence-corrected chi connectivity index (χ0v) is 12.3. The highest BCUT2D eigenvalue weighted by Crippen LogP contribution is 2.09. The number of oxime groups is 1. The summed E-state index contributed by atoms with van der Waals surface area (Å²) in [6, 6.07) is 9.91. The minimum absolute atomic E-state index is 0.278. The van der Waals surface area contributed by atoms with Gasteiger partial charge in [0, 0.05) is 32.7 Å². The van der Waals surface area contributed by atoms with Crippen molar-refractivity contribution in [1.82, 2.24) is 9.80 Å². The van der Waals surface area contributed by atoms with Crippen LogP contribution in [0.15, 0.2) is 35.5 Å². The second kappa shape index (κ2) is 8.49. The Labute approximate surface area is 125 Å². The highest BCUT2D eigenvalue weighted by atomic mass is 16.5. The van der Waals surface area contributed by atoms with Crippen LogP contribution in [0.25, 0.3) is 0 Å². The van der Waals surface area contributed by atoms with Gasteiger partial charge >= 0.3 is 0 Å². The molecule has 1 aromatic carbocycles. The van der Waals surface area contributed by atoms with E-state index in [1.54, 1.807) is 0 Å². The fourth-order valence-electron chi connectivity index (χ4n) is 2.43. The van der Waals surface area contributed by atoms with Gasteiger partial charge < -0.3 is 20.6 Å². The second-order valence-corrected chi connectivity index (χ2v) is 5.22. The predicted molar refractivity (Wildman–Crippen MR) is 82.8 cm³/mol. The van der Waals surface area contributed by atoms with Gasteiger partial charge in [-0.15, -0.1) is 0 Å². The second-order valence-electron chi connectivity index (χ2n) is 5.22. The van der Waals surface area contributed by atoms with Gasteiger partial charge in [0.25, 0.3) is 0 Å². The van der Waals surface area contributed by atoms with Crippen molar-refractivity contribution in [2.45, 2.75) is 6.42 Å². The van der Waals surface area contributed by atoms with Gasteiger partial charge in [0.05, 0.1) is 13.2 Å². The van der Waals surface area contributed by atoms with Crippen molar-refractivity contribution in [2.75, 3.05) is 45.9 Å². The minimum atomic E-state index is 0.278. The van der Waals surface area contributed by atoms with E-state index in [1.807, 2.05) is 30.3 Å².